The Morgan fingerprint density at radius 3 is 2.54 bits per heavy atom. The van der Waals surface area contributed by atoms with Crippen LogP contribution in [0.15, 0.2) is 30.3 Å². The summed E-state index contributed by atoms with van der Waals surface area (Å²) in [6, 6.07) is 9.59. The minimum Gasteiger partial charge on any atom is -0.454 e. The fourth-order valence-electron chi connectivity index (χ4n) is 2.37. The summed E-state index contributed by atoms with van der Waals surface area (Å²) in [6.07, 6.45) is 0. The first-order valence-corrected chi connectivity index (χ1v) is 8.80. The molecule has 8 heteroatoms. The van der Waals surface area contributed by atoms with E-state index in [1.165, 1.54) is 0 Å². The van der Waals surface area contributed by atoms with Crippen LogP contribution in [0.4, 0.5) is 17.6 Å². The zero-order valence-electron chi connectivity index (χ0n) is 14.7. The largest absolute Gasteiger partial charge is 0.454 e. The third-order valence-corrected chi connectivity index (χ3v) is 4.57. The Balaban J connectivity index is 1.70. The molecule has 0 radical (unpaired) electrons. The van der Waals surface area contributed by atoms with Crippen LogP contribution in [0.1, 0.15) is 31.5 Å². The SMILES string of the molecule is Cc1ccc(Nc2nc(N)nc(COC(=O)c3cc(C)sc3C)n2)cc1. The summed E-state index contributed by atoms with van der Waals surface area (Å²) < 4.78 is 5.32. The van der Waals surface area contributed by atoms with Gasteiger partial charge in [0.05, 0.1) is 5.56 Å². The predicted molar refractivity (Wildman–Crippen MR) is 102 cm³/mol. The first-order chi connectivity index (χ1) is 12.4. The molecule has 3 N–H and O–H groups in total. The normalized spacial score (nSPS) is 10.6. The van der Waals surface area contributed by atoms with Crippen molar-refractivity contribution >= 4 is 34.9 Å². The maximum Gasteiger partial charge on any atom is 0.339 e. The molecule has 134 valence electrons. The quantitative estimate of drug-likeness (QED) is 0.663. The third-order valence-electron chi connectivity index (χ3n) is 3.60. The van der Waals surface area contributed by atoms with Crippen LogP contribution < -0.4 is 11.1 Å². The lowest BCUT2D eigenvalue weighted by Gasteiger charge is -2.08. The summed E-state index contributed by atoms with van der Waals surface area (Å²) in [6.45, 7) is 5.76. The Morgan fingerprint density at radius 2 is 1.88 bits per heavy atom. The molecule has 7 nitrogen and oxygen atoms in total. The standard InChI is InChI=1S/C18H19N5O2S/c1-10-4-6-13(7-5-10)20-18-22-15(21-17(19)23-18)9-25-16(24)14-8-11(2)26-12(14)3/h4-8H,9H2,1-3H3,(H3,19,20,21,22,23). The molecule has 0 unspecified atom stereocenters. The zero-order chi connectivity index (χ0) is 18.7. The van der Waals surface area contributed by atoms with E-state index < -0.39 is 5.97 Å². The number of nitrogens with zero attached hydrogens (tertiary/aromatic N) is 3. The molecule has 0 fully saturated rings. The zero-order valence-corrected chi connectivity index (χ0v) is 15.6. The molecule has 0 aliphatic carbocycles. The van der Waals surface area contributed by atoms with Gasteiger partial charge in [0.15, 0.2) is 12.4 Å². The molecule has 0 aliphatic rings. The van der Waals surface area contributed by atoms with E-state index in [9.17, 15) is 4.79 Å². The number of benzene rings is 1. The number of nitrogens with one attached hydrogen (secondary N) is 1. The van der Waals surface area contributed by atoms with E-state index in [2.05, 4.69) is 20.3 Å². The van der Waals surface area contributed by atoms with E-state index in [1.807, 2.05) is 51.1 Å². The summed E-state index contributed by atoms with van der Waals surface area (Å²) in [7, 11) is 0. The Kier molecular flexibility index (Phi) is 5.13. The van der Waals surface area contributed by atoms with Crippen molar-refractivity contribution in [1.82, 2.24) is 15.0 Å². The lowest BCUT2D eigenvalue weighted by molar-refractivity contribution is 0.0462. The molecule has 0 amide bonds. The van der Waals surface area contributed by atoms with Gasteiger partial charge in [-0.25, -0.2) is 4.79 Å². The van der Waals surface area contributed by atoms with Crippen molar-refractivity contribution in [2.75, 3.05) is 11.1 Å². The van der Waals surface area contributed by atoms with E-state index >= 15 is 0 Å². The molecule has 3 rings (SSSR count). The summed E-state index contributed by atoms with van der Waals surface area (Å²) in [5.74, 6) is 0.238. The molecule has 0 spiro atoms. The van der Waals surface area contributed by atoms with Crippen LogP contribution in [0.5, 0.6) is 0 Å². The Labute approximate surface area is 155 Å². The van der Waals surface area contributed by atoms with Gasteiger partial charge >= 0.3 is 5.97 Å². The summed E-state index contributed by atoms with van der Waals surface area (Å²) in [5.41, 5.74) is 8.28. The van der Waals surface area contributed by atoms with Gasteiger partial charge in [0, 0.05) is 15.4 Å². The fraction of sp³-hybridized carbons (Fsp3) is 0.222. The van der Waals surface area contributed by atoms with Gasteiger partial charge in [-0.3, -0.25) is 0 Å². The van der Waals surface area contributed by atoms with Gasteiger partial charge in [0.1, 0.15) is 0 Å². The van der Waals surface area contributed by atoms with Crippen molar-refractivity contribution in [3.63, 3.8) is 0 Å². The number of esters is 1. The van der Waals surface area contributed by atoms with E-state index in [0.29, 0.717) is 11.5 Å². The molecule has 0 saturated heterocycles. The number of ether oxygens (including phenoxy) is 1. The molecular formula is C18H19N5O2S. The maximum absolute atomic E-state index is 12.2. The number of carbonyl (C=O) groups excluding carboxylic acids is 1. The molecule has 3 aromatic rings. The lowest BCUT2D eigenvalue weighted by atomic mass is 10.2. The van der Waals surface area contributed by atoms with Crippen molar-refractivity contribution in [1.29, 1.82) is 0 Å². The maximum atomic E-state index is 12.2. The minimum atomic E-state index is -0.404. The van der Waals surface area contributed by atoms with Crippen LogP contribution in [0.2, 0.25) is 0 Å². The van der Waals surface area contributed by atoms with Crippen molar-refractivity contribution < 1.29 is 9.53 Å². The van der Waals surface area contributed by atoms with Crippen LogP contribution in [0, 0.1) is 20.8 Å². The number of hydrogen-bond acceptors (Lipinski definition) is 8. The van der Waals surface area contributed by atoms with E-state index in [-0.39, 0.29) is 18.4 Å². The van der Waals surface area contributed by atoms with Gasteiger partial charge in [-0.1, -0.05) is 17.7 Å². The highest BCUT2D eigenvalue weighted by Crippen LogP contribution is 2.21. The van der Waals surface area contributed by atoms with Gasteiger partial charge in [-0.2, -0.15) is 15.0 Å². The highest BCUT2D eigenvalue weighted by atomic mass is 32.1. The molecule has 0 aliphatic heterocycles. The fourth-order valence-corrected chi connectivity index (χ4v) is 3.28. The second-order valence-corrected chi connectivity index (χ2v) is 7.29. The Hall–Kier alpha value is -3.00. The van der Waals surface area contributed by atoms with E-state index in [0.717, 1.165) is 21.0 Å². The average Bonchev–Trinajstić information content (AvgIpc) is 2.93. The van der Waals surface area contributed by atoms with Gasteiger partial charge in [-0.15, -0.1) is 11.3 Å². The highest BCUT2D eigenvalue weighted by Gasteiger charge is 2.15. The number of anilines is 3. The molecular weight excluding hydrogens is 350 g/mol. The number of aromatic nitrogens is 3. The minimum absolute atomic E-state index is 0.0585. The smallest absolute Gasteiger partial charge is 0.339 e. The lowest BCUT2D eigenvalue weighted by Crippen LogP contribution is -2.11. The van der Waals surface area contributed by atoms with Gasteiger partial charge in [0.25, 0.3) is 0 Å². The monoisotopic (exact) mass is 369 g/mol. The summed E-state index contributed by atoms with van der Waals surface area (Å²) >= 11 is 1.55. The second-order valence-electron chi connectivity index (χ2n) is 5.83. The molecule has 1 aromatic carbocycles. The molecule has 26 heavy (non-hydrogen) atoms. The molecule has 0 bridgehead atoms. The number of thiophene rings is 1. The predicted octanol–water partition coefficient (Wildman–Crippen LogP) is 3.54. The van der Waals surface area contributed by atoms with Crippen LogP contribution in [-0.2, 0) is 11.3 Å². The first kappa shape index (κ1) is 17.8. The topological polar surface area (TPSA) is 103 Å². The molecule has 2 heterocycles. The first-order valence-electron chi connectivity index (χ1n) is 7.99. The van der Waals surface area contributed by atoms with Crippen LogP contribution in [0.3, 0.4) is 0 Å². The molecule has 2 aromatic heterocycles. The van der Waals surface area contributed by atoms with Gasteiger partial charge in [-0.05, 0) is 39.0 Å². The molecule has 0 saturated carbocycles. The van der Waals surface area contributed by atoms with Crippen molar-refractivity contribution in [3.8, 4) is 0 Å². The van der Waals surface area contributed by atoms with Crippen molar-refractivity contribution in [2.24, 2.45) is 0 Å². The summed E-state index contributed by atoms with van der Waals surface area (Å²) in [4.78, 5) is 26.5. The average molecular weight is 369 g/mol. The van der Waals surface area contributed by atoms with Crippen LogP contribution >= 0.6 is 11.3 Å². The van der Waals surface area contributed by atoms with Gasteiger partial charge < -0.3 is 15.8 Å². The number of rotatable bonds is 5. The number of aryl methyl sites for hydroxylation is 3. The second kappa shape index (κ2) is 7.49. The molecule has 0 atom stereocenters. The number of nitrogen functional groups attached to an aromatic ring is 1. The third kappa shape index (κ3) is 4.34. The summed E-state index contributed by atoms with van der Waals surface area (Å²) in [5, 5.41) is 3.06. The number of nitrogens with two attached hydrogens (primary N) is 1. The van der Waals surface area contributed by atoms with Crippen LogP contribution in [-0.4, -0.2) is 20.9 Å². The van der Waals surface area contributed by atoms with Crippen LogP contribution in [0.25, 0.3) is 0 Å². The Bertz CT molecular complexity index is 937. The highest BCUT2D eigenvalue weighted by molar-refractivity contribution is 7.12. The van der Waals surface area contributed by atoms with Crippen molar-refractivity contribution in [2.45, 2.75) is 27.4 Å². The van der Waals surface area contributed by atoms with Crippen molar-refractivity contribution in [3.05, 3.63) is 57.0 Å². The Morgan fingerprint density at radius 1 is 1.15 bits per heavy atom. The van der Waals surface area contributed by atoms with Gasteiger partial charge in [0.2, 0.25) is 11.9 Å². The van der Waals surface area contributed by atoms with E-state index in [4.69, 9.17) is 10.5 Å². The number of carbonyl (C=O) groups is 1. The van der Waals surface area contributed by atoms with E-state index in [1.54, 1.807) is 11.3 Å². The number of hydrogen-bond donors (Lipinski definition) is 2.